The van der Waals surface area contributed by atoms with Crippen LogP contribution in [0.3, 0.4) is 0 Å². The molecule has 0 aliphatic carbocycles. The Balaban J connectivity index is 1.62. The van der Waals surface area contributed by atoms with Gasteiger partial charge in [-0.3, -0.25) is 4.79 Å². The molecule has 1 aromatic carbocycles. The van der Waals surface area contributed by atoms with Crippen LogP contribution in [0.25, 0.3) is 0 Å². The van der Waals surface area contributed by atoms with Gasteiger partial charge in [0.25, 0.3) is 5.91 Å². The topological polar surface area (TPSA) is 50.8 Å². The molecule has 0 fully saturated rings. The lowest BCUT2D eigenvalue weighted by atomic mass is 10.1. The number of carbonyl (C=O) groups is 1. The third-order valence-electron chi connectivity index (χ3n) is 3.85. The van der Waals surface area contributed by atoms with E-state index in [9.17, 15) is 4.79 Å². The van der Waals surface area contributed by atoms with Crippen molar-refractivity contribution in [2.24, 2.45) is 0 Å². The predicted octanol–water partition coefficient (Wildman–Crippen LogP) is 1.66. The molecule has 0 saturated carbocycles. The fourth-order valence-electron chi connectivity index (χ4n) is 2.68. The molecule has 21 heavy (non-hydrogen) atoms. The number of benzene rings is 1. The van der Waals surface area contributed by atoms with E-state index in [2.05, 4.69) is 11.4 Å². The van der Waals surface area contributed by atoms with E-state index in [0.717, 1.165) is 24.4 Å². The molecular formula is C16H20N2O3. The molecule has 0 saturated heterocycles. The molecular weight excluding hydrogens is 268 g/mol. The number of anilines is 1. The van der Waals surface area contributed by atoms with Crippen molar-refractivity contribution < 1.29 is 14.3 Å². The zero-order chi connectivity index (χ0) is 14.7. The predicted molar refractivity (Wildman–Crippen MR) is 80.5 cm³/mol. The fourth-order valence-corrected chi connectivity index (χ4v) is 2.68. The summed E-state index contributed by atoms with van der Waals surface area (Å²) in [5.41, 5.74) is 2.21. The summed E-state index contributed by atoms with van der Waals surface area (Å²) in [6, 6.07) is 7.70. The van der Waals surface area contributed by atoms with E-state index in [1.165, 1.54) is 5.57 Å². The highest BCUT2D eigenvalue weighted by molar-refractivity contribution is 5.83. The van der Waals surface area contributed by atoms with Crippen LogP contribution in [0.1, 0.15) is 6.42 Å². The first-order chi connectivity index (χ1) is 10.3. The Bertz CT molecular complexity index is 556. The van der Waals surface area contributed by atoms with E-state index >= 15 is 0 Å². The normalized spacial score (nSPS) is 20.9. The van der Waals surface area contributed by atoms with Crippen molar-refractivity contribution in [1.29, 1.82) is 0 Å². The van der Waals surface area contributed by atoms with Gasteiger partial charge in [-0.2, -0.15) is 0 Å². The summed E-state index contributed by atoms with van der Waals surface area (Å²) in [4.78, 5) is 14.4. The molecule has 2 heterocycles. The Morgan fingerprint density at radius 1 is 1.48 bits per heavy atom. The number of ether oxygens (including phenoxy) is 2. The monoisotopic (exact) mass is 288 g/mol. The van der Waals surface area contributed by atoms with Crippen LogP contribution in [0.5, 0.6) is 5.75 Å². The lowest BCUT2D eigenvalue weighted by Gasteiger charge is -2.32. The van der Waals surface area contributed by atoms with Crippen LogP contribution in [0.4, 0.5) is 5.69 Å². The number of nitrogens with zero attached hydrogens (tertiary/aromatic N) is 1. The SMILES string of the molecule is COCC1=CCN(C(=O)C2CNc3ccccc3O2)CC1. The molecule has 1 N–H and O–H groups in total. The van der Waals surface area contributed by atoms with Gasteiger partial charge in [0.05, 0.1) is 18.8 Å². The van der Waals surface area contributed by atoms with Gasteiger partial charge >= 0.3 is 0 Å². The average Bonchev–Trinajstić information content (AvgIpc) is 2.55. The lowest BCUT2D eigenvalue weighted by molar-refractivity contribution is -0.138. The third kappa shape index (κ3) is 3.03. The Morgan fingerprint density at radius 3 is 3.10 bits per heavy atom. The number of fused-ring (bicyclic) bond motifs is 1. The molecule has 1 aromatic rings. The summed E-state index contributed by atoms with van der Waals surface area (Å²) in [5, 5.41) is 3.25. The Morgan fingerprint density at radius 2 is 2.33 bits per heavy atom. The fraction of sp³-hybridized carbons (Fsp3) is 0.438. The Kier molecular flexibility index (Phi) is 4.10. The minimum absolute atomic E-state index is 0.0460. The van der Waals surface area contributed by atoms with Crippen molar-refractivity contribution in [3.63, 3.8) is 0 Å². The van der Waals surface area contributed by atoms with E-state index in [1.807, 2.05) is 29.2 Å². The zero-order valence-electron chi connectivity index (χ0n) is 12.2. The standard InChI is InChI=1S/C16H20N2O3/c1-20-11-12-6-8-18(9-7-12)16(19)15-10-17-13-4-2-3-5-14(13)21-15/h2-6,15,17H,7-11H2,1H3. The van der Waals surface area contributed by atoms with Crippen molar-refractivity contribution in [3.8, 4) is 5.75 Å². The van der Waals surface area contributed by atoms with Crippen molar-refractivity contribution in [2.45, 2.75) is 12.5 Å². The van der Waals surface area contributed by atoms with Crippen molar-refractivity contribution >= 4 is 11.6 Å². The van der Waals surface area contributed by atoms with Gasteiger partial charge in [-0.1, -0.05) is 18.2 Å². The highest BCUT2D eigenvalue weighted by Gasteiger charge is 2.30. The number of amides is 1. The maximum absolute atomic E-state index is 12.5. The smallest absolute Gasteiger partial charge is 0.265 e. The minimum atomic E-state index is -0.447. The highest BCUT2D eigenvalue weighted by Crippen LogP contribution is 2.28. The molecule has 2 aliphatic rings. The first-order valence-electron chi connectivity index (χ1n) is 7.23. The summed E-state index contributed by atoms with van der Waals surface area (Å²) in [6.07, 6.45) is 2.50. The summed E-state index contributed by atoms with van der Waals surface area (Å²) in [7, 11) is 1.69. The minimum Gasteiger partial charge on any atom is -0.477 e. The largest absolute Gasteiger partial charge is 0.477 e. The number of para-hydroxylation sites is 2. The molecule has 5 nitrogen and oxygen atoms in total. The second-order valence-corrected chi connectivity index (χ2v) is 5.31. The van der Waals surface area contributed by atoms with Gasteiger partial charge < -0.3 is 19.7 Å². The van der Waals surface area contributed by atoms with Gasteiger partial charge in [-0.25, -0.2) is 0 Å². The summed E-state index contributed by atoms with van der Waals surface area (Å²) < 4.78 is 10.9. The van der Waals surface area contributed by atoms with E-state index < -0.39 is 6.10 Å². The second kappa shape index (κ2) is 6.18. The van der Waals surface area contributed by atoms with Gasteiger partial charge in [0.2, 0.25) is 0 Å². The van der Waals surface area contributed by atoms with Crippen LogP contribution < -0.4 is 10.1 Å². The molecule has 1 amide bonds. The number of carbonyl (C=O) groups excluding carboxylic acids is 1. The van der Waals surface area contributed by atoms with Gasteiger partial charge in [0.1, 0.15) is 5.75 Å². The van der Waals surface area contributed by atoms with Crippen molar-refractivity contribution in [1.82, 2.24) is 4.90 Å². The van der Waals surface area contributed by atoms with Gasteiger partial charge in [0.15, 0.2) is 6.10 Å². The second-order valence-electron chi connectivity index (χ2n) is 5.31. The number of hydrogen-bond donors (Lipinski definition) is 1. The van der Waals surface area contributed by atoms with Gasteiger partial charge in [0, 0.05) is 20.2 Å². The van der Waals surface area contributed by atoms with Crippen LogP contribution in [0.2, 0.25) is 0 Å². The molecule has 3 rings (SSSR count). The molecule has 2 aliphatic heterocycles. The molecule has 0 spiro atoms. The molecule has 0 bridgehead atoms. The number of nitrogens with one attached hydrogen (secondary N) is 1. The Hall–Kier alpha value is -2.01. The molecule has 0 radical (unpaired) electrons. The van der Waals surface area contributed by atoms with E-state index in [-0.39, 0.29) is 5.91 Å². The van der Waals surface area contributed by atoms with Gasteiger partial charge in [-0.15, -0.1) is 0 Å². The van der Waals surface area contributed by atoms with Crippen LogP contribution in [-0.4, -0.2) is 50.3 Å². The number of rotatable bonds is 3. The first-order valence-corrected chi connectivity index (χ1v) is 7.23. The molecule has 0 aromatic heterocycles. The maximum Gasteiger partial charge on any atom is 0.265 e. The molecule has 1 atom stereocenters. The third-order valence-corrected chi connectivity index (χ3v) is 3.85. The van der Waals surface area contributed by atoms with Gasteiger partial charge in [-0.05, 0) is 24.1 Å². The lowest BCUT2D eigenvalue weighted by Crippen LogP contribution is -2.48. The van der Waals surface area contributed by atoms with Crippen molar-refractivity contribution in [3.05, 3.63) is 35.9 Å². The van der Waals surface area contributed by atoms with Crippen LogP contribution in [-0.2, 0) is 9.53 Å². The van der Waals surface area contributed by atoms with Crippen LogP contribution in [0, 0.1) is 0 Å². The summed E-state index contributed by atoms with van der Waals surface area (Å²) in [5.74, 6) is 0.791. The highest BCUT2D eigenvalue weighted by atomic mass is 16.5. The van der Waals surface area contributed by atoms with Crippen LogP contribution >= 0.6 is 0 Å². The average molecular weight is 288 g/mol. The van der Waals surface area contributed by atoms with Crippen LogP contribution in [0.15, 0.2) is 35.9 Å². The zero-order valence-corrected chi connectivity index (χ0v) is 12.2. The summed E-state index contributed by atoms with van der Waals surface area (Å²) in [6.45, 7) is 2.53. The summed E-state index contributed by atoms with van der Waals surface area (Å²) >= 11 is 0. The molecule has 1 unspecified atom stereocenters. The van der Waals surface area contributed by atoms with E-state index in [1.54, 1.807) is 7.11 Å². The van der Waals surface area contributed by atoms with E-state index in [4.69, 9.17) is 9.47 Å². The van der Waals surface area contributed by atoms with Crippen molar-refractivity contribution in [2.75, 3.05) is 38.7 Å². The number of hydrogen-bond acceptors (Lipinski definition) is 4. The Labute approximate surface area is 124 Å². The maximum atomic E-state index is 12.5. The number of methoxy groups -OCH3 is 1. The van der Waals surface area contributed by atoms with E-state index in [0.29, 0.717) is 19.7 Å². The quantitative estimate of drug-likeness (QED) is 0.860. The molecule has 5 heteroatoms. The first kappa shape index (κ1) is 13.9. The molecule has 112 valence electrons.